The number of rotatable bonds is 2. The van der Waals surface area contributed by atoms with Crippen molar-refractivity contribution in [3.05, 3.63) is 0 Å². The molecule has 3 amide bonds. The van der Waals surface area contributed by atoms with E-state index in [9.17, 15) is 22.8 Å². The molecule has 2 fully saturated rings. The molecule has 2 N–H and O–H groups in total. The average Bonchev–Trinajstić information content (AvgIpc) is 2.41. The first-order valence-corrected chi connectivity index (χ1v) is 7.21. The van der Waals surface area contributed by atoms with Gasteiger partial charge in [-0.15, -0.1) is 0 Å². The van der Waals surface area contributed by atoms with Gasteiger partial charge < -0.3 is 20.3 Å². The van der Waals surface area contributed by atoms with E-state index in [4.69, 9.17) is 4.74 Å². The van der Waals surface area contributed by atoms with Crippen LogP contribution in [0, 0.1) is 5.92 Å². The molecule has 0 aromatic rings. The zero-order valence-electron chi connectivity index (χ0n) is 12.4. The Morgan fingerprint density at radius 1 is 1.45 bits per heavy atom. The number of hydrogen-bond acceptors (Lipinski definition) is 3. The molecule has 0 aromatic carbocycles. The molecule has 6 nitrogen and oxygen atoms in total. The molecule has 2 heterocycles. The molecule has 1 unspecified atom stereocenters. The quantitative estimate of drug-likeness (QED) is 0.792. The van der Waals surface area contributed by atoms with E-state index < -0.39 is 24.2 Å². The van der Waals surface area contributed by atoms with Crippen LogP contribution >= 0.6 is 0 Å². The van der Waals surface area contributed by atoms with Gasteiger partial charge in [-0.05, 0) is 12.3 Å². The number of amides is 3. The second-order valence-electron chi connectivity index (χ2n) is 5.97. The Morgan fingerprint density at radius 3 is 2.73 bits per heavy atom. The van der Waals surface area contributed by atoms with Crippen molar-refractivity contribution in [1.29, 1.82) is 0 Å². The first-order valence-electron chi connectivity index (χ1n) is 7.21. The van der Waals surface area contributed by atoms with E-state index in [1.807, 2.05) is 5.32 Å². The largest absolute Gasteiger partial charge is 0.408 e. The number of hydrogen-bond donors (Lipinski definition) is 2. The van der Waals surface area contributed by atoms with Gasteiger partial charge in [-0.2, -0.15) is 13.2 Å². The molecule has 2 aliphatic rings. The fourth-order valence-electron chi connectivity index (χ4n) is 2.74. The third-order valence-electron chi connectivity index (χ3n) is 3.91. The lowest BCUT2D eigenvalue weighted by Crippen LogP contribution is -2.63. The van der Waals surface area contributed by atoms with Gasteiger partial charge in [0.2, 0.25) is 5.91 Å². The maximum atomic E-state index is 12.9. The number of morpholine rings is 1. The van der Waals surface area contributed by atoms with Gasteiger partial charge in [0.1, 0.15) is 12.6 Å². The summed E-state index contributed by atoms with van der Waals surface area (Å²) in [6.45, 7) is 3.23. The van der Waals surface area contributed by atoms with Crippen LogP contribution in [0.3, 0.4) is 0 Å². The van der Waals surface area contributed by atoms with Crippen molar-refractivity contribution < 1.29 is 27.5 Å². The first kappa shape index (κ1) is 16.9. The van der Waals surface area contributed by atoms with E-state index in [2.05, 4.69) is 5.32 Å². The minimum absolute atomic E-state index is 0.0170. The summed E-state index contributed by atoms with van der Waals surface area (Å²) in [6, 6.07) is -3.03. The van der Waals surface area contributed by atoms with Crippen molar-refractivity contribution in [1.82, 2.24) is 15.5 Å². The summed E-state index contributed by atoms with van der Waals surface area (Å²) in [5.41, 5.74) is 0. The van der Waals surface area contributed by atoms with Gasteiger partial charge in [0.05, 0.1) is 12.1 Å². The third kappa shape index (κ3) is 3.82. The zero-order valence-corrected chi connectivity index (χ0v) is 12.4. The Kier molecular flexibility index (Phi) is 4.84. The molecule has 2 aliphatic heterocycles. The van der Waals surface area contributed by atoms with Crippen molar-refractivity contribution in [2.45, 2.75) is 44.6 Å². The van der Waals surface area contributed by atoms with E-state index >= 15 is 0 Å². The average molecular weight is 323 g/mol. The molecular weight excluding hydrogens is 303 g/mol. The minimum Gasteiger partial charge on any atom is -0.366 e. The highest BCUT2D eigenvalue weighted by Gasteiger charge is 2.44. The molecule has 3 atom stereocenters. The molecule has 0 spiro atoms. The smallest absolute Gasteiger partial charge is 0.366 e. The van der Waals surface area contributed by atoms with Crippen LogP contribution in [0.2, 0.25) is 0 Å². The van der Waals surface area contributed by atoms with Crippen LogP contribution in [-0.2, 0) is 9.53 Å². The molecule has 0 radical (unpaired) electrons. The van der Waals surface area contributed by atoms with Gasteiger partial charge in [-0.3, -0.25) is 4.79 Å². The van der Waals surface area contributed by atoms with Gasteiger partial charge in [0.15, 0.2) is 0 Å². The highest BCUT2D eigenvalue weighted by molar-refractivity contribution is 5.79. The maximum absolute atomic E-state index is 12.9. The van der Waals surface area contributed by atoms with Crippen LogP contribution in [0.4, 0.5) is 18.0 Å². The Bertz CT molecular complexity index is 442. The summed E-state index contributed by atoms with van der Waals surface area (Å²) in [4.78, 5) is 24.7. The summed E-state index contributed by atoms with van der Waals surface area (Å²) in [7, 11) is 0. The second-order valence-corrected chi connectivity index (χ2v) is 5.97. The van der Waals surface area contributed by atoms with Crippen LogP contribution in [0.1, 0.15) is 20.3 Å². The molecule has 22 heavy (non-hydrogen) atoms. The summed E-state index contributed by atoms with van der Waals surface area (Å²) in [6.07, 6.45) is -4.20. The fraction of sp³-hybridized carbons (Fsp3) is 0.846. The number of nitrogens with one attached hydrogen (secondary N) is 2. The number of carbonyl (C=O) groups excluding carboxylic acids is 2. The van der Waals surface area contributed by atoms with Gasteiger partial charge >= 0.3 is 12.2 Å². The number of nitrogens with zero attached hydrogens (tertiary/aromatic N) is 1. The summed E-state index contributed by atoms with van der Waals surface area (Å²) >= 11 is 0. The molecule has 9 heteroatoms. The number of fused-ring (bicyclic) bond motifs is 1. The zero-order chi connectivity index (χ0) is 16.5. The van der Waals surface area contributed by atoms with Crippen molar-refractivity contribution in [3.63, 3.8) is 0 Å². The summed E-state index contributed by atoms with van der Waals surface area (Å²) in [5.74, 6) is -1.04. The highest BCUT2D eigenvalue weighted by atomic mass is 19.4. The molecule has 0 saturated carbocycles. The highest BCUT2D eigenvalue weighted by Crippen LogP contribution is 2.26. The van der Waals surface area contributed by atoms with E-state index in [-0.39, 0.29) is 31.2 Å². The maximum Gasteiger partial charge on any atom is 0.408 e. The second kappa shape index (κ2) is 6.31. The molecule has 0 bridgehead atoms. The fourth-order valence-corrected chi connectivity index (χ4v) is 2.74. The predicted molar refractivity (Wildman–Crippen MR) is 71.1 cm³/mol. The Morgan fingerprint density at radius 2 is 2.14 bits per heavy atom. The number of halogens is 3. The van der Waals surface area contributed by atoms with Crippen LogP contribution in [0.25, 0.3) is 0 Å². The van der Waals surface area contributed by atoms with Crippen LogP contribution < -0.4 is 10.6 Å². The number of piperidine rings is 1. The van der Waals surface area contributed by atoms with E-state index in [1.165, 1.54) is 18.7 Å². The minimum atomic E-state index is -4.50. The number of likely N-dealkylation sites (tertiary alicyclic amines) is 1. The van der Waals surface area contributed by atoms with Gasteiger partial charge in [-0.1, -0.05) is 13.8 Å². The Labute approximate surface area is 126 Å². The van der Waals surface area contributed by atoms with Gasteiger partial charge in [0, 0.05) is 13.1 Å². The number of ether oxygens (including phenoxy) is 1. The Hall–Kier alpha value is -1.51. The van der Waals surface area contributed by atoms with Crippen LogP contribution in [0.5, 0.6) is 0 Å². The normalized spacial score (nSPS) is 27.2. The number of carbonyl (C=O) groups is 2. The Balaban J connectivity index is 1.96. The van der Waals surface area contributed by atoms with E-state index in [0.717, 1.165) is 0 Å². The number of urea groups is 1. The predicted octanol–water partition coefficient (Wildman–Crippen LogP) is 0.872. The molecular formula is C13H20F3N3O3. The number of alkyl halides is 3. The van der Waals surface area contributed by atoms with E-state index in [1.54, 1.807) is 0 Å². The first-order chi connectivity index (χ1) is 10.2. The third-order valence-corrected chi connectivity index (χ3v) is 3.91. The summed E-state index contributed by atoms with van der Waals surface area (Å²) < 4.78 is 44.1. The monoisotopic (exact) mass is 323 g/mol. The lowest BCUT2D eigenvalue weighted by atomic mass is 10.0. The molecule has 0 aromatic heterocycles. The van der Waals surface area contributed by atoms with E-state index in [0.29, 0.717) is 13.0 Å². The topological polar surface area (TPSA) is 70.7 Å². The van der Waals surface area contributed by atoms with Crippen molar-refractivity contribution in [3.8, 4) is 0 Å². The van der Waals surface area contributed by atoms with Crippen molar-refractivity contribution in [2.75, 3.05) is 19.7 Å². The van der Waals surface area contributed by atoms with Crippen LogP contribution in [0.15, 0.2) is 0 Å². The molecule has 126 valence electrons. The van der Waals surface area contributed by atoms with Gasteiger partial charge in [-0.25, -0.2) is 4.79 Å². The lowest BCUT2D eigenvalue weighted by Gasteiger charge is -2.41. The molecule has 2 rings (SSSR count). The van der Waals surface area contributed by atoms with Crippen molar-refractivity contribution >= 4 is 11.9 Å². The summed E-state index contributed by atoms with van der Waals surface area (Å²) in [5, 5.41) is 4.74. The standard InChI is InChI=1S/C13H20F3N3O3/c1-7(2)11(13(14,15)16)18-12(21)19-4-3-9-8(5-19)17-10(20)6-22-9/h7-9,11H,3-6H2,1-2H3,(H,17,20)(H,18,21)/t8-,9-,11?/m0/s1. The molecule has 0 aliphatic carbocycles. The van der Waals surface area contributed by atoms with Gasteiger partial charge in [0.25, 0.3) is 0 Å². The van der Waals surface area contributed by atoms with Crippen molar-refractivity contribution in [2.24, 2.45) is 5.92 Å². The lowest BCUT2D eigenvalue weighted by molar-refractivity contribution is -0.163. The molecule has 2 saturated heterocycles. The SMILES string of the molecule is CC(C)C(NC(=O)N1CC[C@@H]2OCC(=O)N[C@H]2C1)C(F)(F)F. The van der Waals surface area contributed by atoms with Crippen LogP contribution in [-0.4, -0.2) is 60.9 Å².